The third kappa shape index (κ3) is 4.55. The molecule has 1 atom stereocenters. The highest BCUT2D eigenvalue weighted by molar-refractivity contribution is 7.89. The molecule has 0 bridgehead atoms. The molecular formula is C18H23N3O5S. The Morgan fingerprint density at radius 3 is 2.48 bits per heavy atom. The van der Waals surface area contributed by atoms with Gasteiger partial charge in [0.05, 0.1) is 13.2 Å². The van der Waals surface area contributed by atoms with Crippen LogP contribution in [0.15, 0.2) is 39.8 Å². The lowest BCUT2D eigenvalue weighted by atomic mass is 10.1. The molecule has 1 aromatic carbocycles. The number of nitrogens with zero attached hydrogens (tertiary/aromatic N) is 2. The molecule has 8 nitrogen and oxygen atoms in total. The zero-order chi connectivity index (χ0) is 19.4. The van der Waals surface area contributed by atoms with Crippen LogP contribution >= 0.6 is 0 Å². The maximum Gasteiger partial charge on any atom is 0.246 e. The molecular weight excluding hydrogens is 370 g/mol. The van der Waals surface area contributed by atoms with Gasteiger partial charge < -0.3 is 14.2 Å². The number of hydrogen-bond acceptors (Lipinski definition) is 6. The summed E-state index contributed by atoms with van der Waals surface area (Å²) in [4.78, 5) is 14.6. The number of hydrogen-bond donors (Lipinski definition) is 1. The zero-order valence-electron chi connectivity index (χ0n) is 15.3. The first-order chi connectivity index (χ1) is 12.9. The van der Waals surface area contributed by atoms with E-state index in [9.17, 15) is 13.2 Å². The number of carbonyl (C=O) groups excluding carboxylic acids is 1. The summed E-state index contributed by atoms with van der Waals surface area (Å²) in [5.41, 5.74) is 1.13. The Bertz CT molecular complexity index is 869. The number of aryl methyl sites for hydroxylation is 2. The summed E-state index contributed by atoms with van der Waals surface area (Å²) in [5, 5.41) is 3.70. The van der Waals surface area contributed by atoms with Crippen LogP contribution in [-0.4, -0.2) is 56.7 Å². The van der Waals surface area contributed by atoms with Gasteiger partial charge in [-0.05, 0) is 25.8 Å². The number of ether oxygens (including phenoxy) is 1. The first kappa shape index (κ1) is 19.5. The normalized spacial score (nSPS) is 16.3. The molecule has 3 rings (SSSR count). The summed E-state index contributed by atoms with van der Waals surface area (Å²) in [5.74, 6) is -0.0743. The first-order valence-electron chi connectivity index (χ1n) is 8.74. The molecule has 1 saturated heterocycles. The molecule has 2 heterocycles. The minimum absolute atomic E-state index is 0.0182. The fraction of sp³-hybridized carbons (Fsp3) is 0.444. The Labute approximate surface area is 158 Å². The molecule has 0 saturated carbocycles. The number of nitrogens with one attached hydrogen (secondary N) is 1. The summed E-state index contributed by atoms with van der Waals surface area (Å²) in [6.45, 7) is 4.86. The van der Waals surface area contributed by atoms with Crippen LogP contribution in [-0.2, 0) is 26.0 Å². The van der Waals surface area contributed by atoms with E-state index in [2.05, 4.69) is 9.88 Å². The number of rotatable bonds is 6. The predicted octanol–water partition coefficient (Wildman–Crippen LogP) is 1.04. The first-order valence-corrected chi connectivity index (χ1v) is 10.2. The lowest BCUT2D eigenvalue weighted by Crippen LogP contribution is -2.52. The van der Waals surface area contributed by atoms with E-state index in [1.807, 2.05) is 30.3 Å². The van der Waals surface area contributed by atoms with Gasteiger partial charge in [-0.2, -0.15) is 4.72 Å². The van der Waals surface area contributed by atoms with Crippen LogP contribution in [0.1, 0.15) is 17.0 Å². The molecule has 1 fully saturated rings. The minimum atomic E-state index is -3.97. The SMILES string of the molecule is Cc1noc(C)c1S(=O)(=O)N[C@@H](Cc1ccccc1)C(=O)N1CCOCC1. The van der Waals surface area contributed by atoms with Gasteiger partial charge in [0.15, 0.2) is 5.76 Å². The van der Waals surface area contributed by atoms with E-state index in [1.165, 1.54) is 6.92 Å². The van der Waals surface area contributed by atoms with Crippen molar-refractivity contribution in [2.45, 2.75) is 31.2 Å². The number of morpholine rings is 1. The van der Waals surface area contributed by atoms with Crippen LogP contribution in [0.3, 0.4) is 0 Å². The van der Waals surface area contributed by atoms with E-state index in [0.29, 0.717) is 26.3 Å². The third-order valence-electron chi connectivity index (χ3n) is 4.44. The van der Waals surface area contributed by atoms with Gasteiger partial charge in [-0.1, -0.05) is 35.5 Å². The van der Waals surface area contributed by atoms with Crippen molar-refractivity contribution in [3.8, 4) is 0 Å². The zero-order valence-corrected chi connectivity index (χ0v) is 16.2. The minimum Gasteiger partial charge on any atom is -0.378 e. The number of benzene rings is 1. The fourth-order valence-corrected chi connectivity index (χ4v) is 4.66. The monoisotopic (exact) mass is 393 g/mol. The number of sulfonamides is 1. The summed E-state index contributed by atoms with van der Waals surface area (Å²) in [6.07, 6.45) is 0.250. The van der Waals surface area contributed by atoms with Crippen molar-refractivity contribution in [1.29, 1.82) is 0 Å². The van der Waals surface area contributed by atoms with Gasteiger partial charge in [-0.25, -0.2) is 8.42 Å². The lowest BCUT2D eigenvalue weighted by molar-refractivity contribution is -0.137. The molecule has 1 aromatic heterocycles. The molecule has 146 valence electrons. The van der Waals surface area contributed by atoms with E-state index in [-0.39, 0.29) is 28.7 Å². The van der Waals surface area contributed by atoms with Crippen molar-refractivity contribution in [3.63, 3.8) is 0 Å². The summed E-state index contributed by atoms with van der Waals surface area (Å²) in [7, 11) is -3.97. The maximum absolute atomic E-state index is 13.0. The van der Waals surface area contributed by atoms with Gasteiger partial charge in [0, 0.05) is 13.1 Å². The highest BCUT2D eigenvalue weighted by Gasteiger charge is 2.33. The third-order valence-corrected chi connectivity index (χ3v) is 6.15. The lowest BCUT2D eigenvalue weighted by Gasteiger charge is -2.30. The second-order valence-electron chi connectivity index (χ2n) is 6.45. The van der Waals surface area contributed by atoms with Crippen molar-refractivity contribution in [1.82, 2.24) is 14.8 Å². The average molecular weight is 393 g/mol. The Morgan fingerprint density at radius 2 is 1.89 bits per heavy atom. The van der Waals surface area contributed by atoms with E-state index in [4.69, 9.17) is 9.26 Å². The second-order valence-corrected chi connectivity index (χ2v) is 8.11. The van der Waals surface area contributed by atoms with Crippen molar-refractivity contribution < 1.29 is 22.5 Å². The smallest absolute Gasteiger partial charge is 0.246 e. The number of carbonyl (C=O) groups is 1. The molecule has 1 aliphatic rings. The Morgan fingerprint density at radius 1 is 1.22 bits per heavy atom. The number of aromatic nitrogens is 1. The van der Waals surface area contributed by atoms with Crippen LogP contribution in [0.25, 0.3) is 0 Å². The molecule has 9 heteroatoms. The van der Waals surface area contributed by atoms with E-state index >= 15 is 0 Å². The molecule has 2 aromatic rings. The van der Waals surface area contributed by atoms with Gasteiger partial charge in [-0.15, -0.1) is 0 Å². The second kappa shape index (κ2) is 8.20. The quantitative estimate of drug-likeness (QED) is 0.787. The van der Waals surface area contributed by atoms with Gasteiger partial charge in [-0.3, -0.25) is 4.79 Å². The number of amides is 1. The summed E-state index contributed by atoms with van der Waals surface area (Å²) >= 11 is 0. The van der Waals surface area contributed by atoms with Crippen molar-refractivity contribution in [2.75, 3.05) is 26.3 Å². The molecule has 1 aliphatic heterocycles. The maximum atomic E-state index is 13.0. The molecule has 0 radical (unpaired) electrons. The molecule has 27 heavy (non-hydrogen) atoms. The largest absolute Gasteiger partial charge is 0.378 e. The molecule has 0 aliphatic carbocycles. The van der Waals surface area contributed by atoms with Crippen LogP contribution in [0, 0.1) is 13.8 Å². The van der Waals surface area contributed by atoms with Crippen LogP contribution < -0.4 is 4.72 Å². The average Bonchev–Trinajstić information content (AvgIpc) is 3.01. The highest BCUT2D eigenvalue weighted by atomic mass is 32.2. The van der Waals surface area contributed by atoms with Crippen molar-refractivity contribution >= 4 is 15.9 Å². The topological polar surface area (TPSA) is 102 Å². The Hall–Kier alpha value is -2.23. The van der Waals surface area contributed by atoms with Gasteiger partial charge in [0.1, 0.15) is 16.6 Å². The molecule has 1 N–H and O–H groups in total. The Kier molecular flexibility index (Phi) is 5.93. The van der Waals surface area contributed by atoms with Gasteiger partial charge >= 0.3 is 0 Å². The predicted molar refractivity (Wildman–Crippen MR) is 97.6 cm³/mol. The van der Waals surface area contributed by atoms with Crippen molar-refractivity contribution in [2.24, 2.45) is 0 Å². The Balaban J connectivity index is 1.88. The van der Waals surface area contributed by atoms with E-state index in [0.717, 1.165) is 5.56 Å². The molecule has 0 unspecified atom stereocenters. The van der Waals surface area contributed by atoms with Crippen LogP contribution in [0.5, 0.6) is 0 Å². The molecule has 1 amide bonds. The van der Waals surface area contributed by atoms with Crippen LogP contribution in [0.2, 0.25) is 0 Å². The van der Waals surface area contributed by atoms with Crippen LogP contribution in [0.4, 0.5) is 0 Å². The molecule has 0 spiro atoms. The highest BCUT2D eigenvalue weighted by Crippen LogP contribution is 2.20. The van der Waals surface area contributed by atoms with E-state index < -0.39 is 16.1 Å². The summed E-state index contributed by atoms with van der Waals surface area (Å²) in [6, 6.07) is 8.39. The van der Waals surface area contributed by atoms with Crippen molar-refractivity contribution in [3.05, 3.63) is 47.3 Å². The van der Waals surface area contributed by atoms with Gasteiger partial charge in [0.25, 0.3) is 0 Å². The summed E-state index contributed by atoms with van der Waals surface area (Å²) < 4.78 is 38.7. The van der Waals surface area contributed by atoms with Gasteiger partial charge in [0.2, 0.25) is 15.9 Å². The fourth-order valence-electron chi connectivity index (χ4n) is 3.14. The standard InChI is InChI=1S/C18H23N3O5S/c1-13-17(14(2)26-19-13)27(23,24)20-16(12-15-6-4-3-5-7-15)18(22)21-8-10-25-11-9-21/h3-7,16,20H,8-12H2,1-2H3/t16-/m0/s1. The van der Waals surface area contributed by atoms with E-state index in [1.54, 1.807) is 11.8 Å².